The Kier molecular flexibility index (Phi) is 7.35. The molecule has 1 aliphatic carbocycles. The Morgan fingerprint density at radius 3 is 2.24 bits per heavy atom. The molecular weight excluding hydrogens is 500 g/mol. The molecule has 13 heteroatoms. The number of guanidine groups is 1. The molecule has 0 amide bonds. The smallest absolute Gasteiger partial charge is 0.384 e. The number of nitrogens with one attached hydrogen (secondary N) is 2. The Balaban J connectivity index is 1.73. The largest absolute Gasteiger partial charge is 0.416 e. The van der Waals surface area contributed by atoms with E-state index in [2.05, 4.69) is 15.4 Å². The first-order valence-corrected chi connectivity index (χ1v) is 11.4. The molecular formula is C24H25F6N7. The molecule has 3 aromatic rings. The number of hydrazone groups is 1. The maximum absolute atomic E-state index is 13.4. The lowest BCUT2D eigenvalue weighted by Crippen LogP contribution is -2.39. The van der Waals surface area contributed by atoms with E-state index >= 15 is 0 Å². The highest BCUT2D eigenvalue weighted by atomic mass is 19.4. The maximum Gasteiger partial charge on any atom is 0.416 e. The molecule has 37 heavy (non-hydrogen) atoms. The molecule has 0 bridgehead atoms. The van der Waals surface area contributed by atoms with Crippen molar-refractivity contribution in [2.45, 2.75) is 38.3 Å². The van der Waals surface area contributed by atoms with E-state index in [-0.39, 0.29) is 24.1 Å². The molecule has 1 aromatic heterocycles. The highest BCUT2D eigenvalue weighted by molar-refractivity contribution is 5.93. The number of benzene rings is 2. The second kappa shape index (κ2) is 10.3. The van der Waals surface area contributed by atoms with Gasteiger partial charge in [-0.25, -0.2) is 11.4 Å². The summed E-state index contributed by atoms with van der Waals surface area (Å²) in [6, 6.07) is 8.83. The average molecular weight is 526 g/mol. The predicted molar refractivity (Wildman–Crippen MR) is 128 cm³/mol. The molecule has 0 unspecified atom stereocenters. The quantitative estimate of drug-likeness (QED) is 0.111. The number of aromatic nitrogens is 1. The number of rotatable bonds is 8. The van der Waals surface area contributed by atoms with Crippen molar-refractivity contribution in [3.05, 3.63) is 70.9 Å². The summed E-state index contributed by atoms with van der Waals surface area (Å²) < 4.78 is 80.3. The first kappa shape index (κ1) is 26.3. The third kappa shape index (κ3) is 6.53. The van der Waals surface area contributed by atoms with Crippen LogP contribution in [0.25, 0.3) is 10.9 Å². The van der Waals surface area contributed by atoms with Gasteiger partial charge in [0.15, 0.2) is 0 Å². The zero-order chi connectivity index (χ0) is 26.8. The van der Waals surface area contributed by atoms with Crippen molar-refractivity contribution in [1.82, 2.24) is 15.4 Å². The fourth-order valence-corrected chi connectivity index (χ4v) is 3.97. The van der Waals surface area contributed by atoms with Crippen molar-refractivity contribution in [2.75, 3.05) is 11.9 Å². The molecule has 7 nitrogen and oxygen atoms in total. The number of halogens is 6. The van der Waals surface area contributed by atoms with E-state index < -0.39 is 30.0 Å². The second-order valence-corrected chi connectivity index (χ2v) is 8.87. The van der Waals surface area contributed by atoms with Crippen LogP contribution in [-0.4, -0.2) is 22.4 Å². The van der Waals surface area contributed by atoms with Gasteiger partial charge in [0.25, 0.3) is 0 Å². The number of pyridine rings is 1. The van der Waals surface area contributed by atoms with Gasteiger partial charge in [0.2, 0.25) is 5.96 Å². The van der Waals surface area contributed by atoms with E-state index in [1.165, 1.54) is 4.90 Å². The molecule has 0 spiro atoms. The van der Waals surface area contributed by atoms with Crippen LogP contribution in [0.15, 0.2) is 53.8 Å². The molecule has 0 atom stereocenters. The summed E-state index contributed by atoms with van der Waals surface area (Å²) in [6.45, 7) is 0.301. The van der Waals surface area contributed by atoms with E-state index in [1.807, 2.05) is 29.8 Å². The molecule has 1 heterocycles. The van der Waals surface area contributed by atoms with Gasteiger partial charge in [-0.05, 0) is 48.6 Å². The van der Waals surface area contributed by atoms with Gasteiger partial charge >= 0.3 is 12.4 Å². The van der Waals surface area contributed by atoms with E-state index in [1.54, 1.807) is 6.20 Å². The molecule has 1 aliphatic rings. The SMILES string of the molecule is NN/N=C(\N)N(Cc1cc(C(F)(F)F)cc(C(F)(F)F)c1)Cc1cnc2ccccc2c1NCC1CC1. The van der Waals surface area contributed by atoms with Crippen LogP contribution in [0.4, 0.5) is 32.0 Å². The van der Waals surface area contributed by atoms with Gasteiger partial charge in [-0.2, -0.15) is 26.3 Å². The van der Waals surface area contributed by atoms with Gasteiger partial charge < -0.3 is 16.0 Å². The Bertz CT molecular complexity index is 1250. The minimum Gasteiger partial charge on any atom is -0.384 e. The van der Waals surface area contributed by atoms with Crippen molar-refractivity contribution in [1.29, 1.82) is 0 Å². The fraction of sp³-hybridized carbons (Fsp3) is 0.333. The number of hydrazine groups is 1. The summed E-state index contributed by atoms with van der Waals surface area (Å²) in [5.41, 5.74) is 7.08. The number of nitrogens with zero attached hydrogens (tertiary/aromatic N) is 3. The van der Waals surface area contributed by atoms with Crippen molar-refractivity contribution >= 4 is 22.5 Å². The third-order valence-corrected chi connectivity index (χ3v) is 6.00. The number of hydrogen-bond donors (Lipinski definition) is 4. The molecule has 0 aliphatic heterocycles. The van der Waals surface area contributed by atoms with E-state index in [0.29, 0.717) is 23.6 Å². The van der Waals surface area contributed by atoms with Crippen LogP contribution in [0.2, 0.25) is 0 Å². The Morgan fingerprint density at radius 2 is 1.65 bits per heavy atom. The lowest BCUT2D eigenvalue weighted by atomic mass is 10.0. The zero-order valence-corrected chi connectivity index (χ0v) is 19.5. The van der Waals surface area contributed by atoms with Crippen molar-refractivity contribution in [3.8, 4) is 0 Å². The monoisotopic (exact) mass is 525 g/mol. The minimum atomic E-state index is -4.97. The summed E-state index contributed by atoms with van der Waals surface area (Å²) >= 11 is 0. The van der Waals surface area contributed by atoms with E-state index in [4.69, 9.17) is 11.6 Å². The van der Waals surface area contributed by atoms with Gasteiger partial charge in [-0.3, -0.25) is 4.98 Å². The zero-order valence-electron chi connectivity index (χ0n) is 19.5. The van der Waals surface area contributed by atoms with Crippen LogP contribution in [0.3, 0.4) is 0 Å². The van der Waals surface area contributed by atoms with Crippen LogP contribution < -0.4 is 22.4 Å². The fourth-order valence-electron chi connectivity index (χ4n) is 3.97. The van der Waals surface area contributed by atoms with Crippen LogP contribution in [-0.2, 0) is 25.4 Å². The molecule has 0 radical (unpaired) electrons. The van der Waals surface area contributed by atoms with Crippen molar-refractivity contribution in [2.24, 2.45) is 22.6 Å². The van der Waals surface area contributed by atoms with Gasteiger partial charge in [0.05, 0.1) is 22.3 Å². The van der Waals surface area contributed by atoms with Gasteiger partial charge in [-0.1, -0.05) is 18.2 Å². The molecule has 6 N–H and O–H groups in total. The van der Waals surface area contributed by atoms with Crippen LogP contribution in [0.5, 0.6) is 0 Å². The predicted octanol–water partition coefficient (Wildman–Crippen LogP) is 4.79. The third-order valence-electron chi connectivity index (χ3n) is 6.00. The number of fused-ring (bicyclic) bond motifs is 1. The molecule has 1 saturated carbocycles. The summed E-state index contributed by atoms with van der Waals surface area (Å²) in [4.78, 5) is 5.78. The summed E-state index contributed by atoms with van der Waals surface area (Å²) in [5, 5.41) is 7.96. The number of para-hydroxylation sites is 1. The normalized spacial score (nSPS) is 14.6. The lowest BCUT2D eigenvalue weighted by molar-refractivity contribution is -0.143. The van der Waals surface area contributed by atoms with Crippen molar-refractivity contribution in [3.63, 3.8) is 0 Å². The Labute approximate surface area is 208 Å². The Morgan fingerprint density at radius 1 is 1.00 bits per heavy atom. The minimum absolute atomic E-state index is 0.0144. The molecule has 198 valence electrons. The molecule has 0 saturated heterocycles. The van der Waals surface area contributed by atoms with Crippen LogP contribution in [0.1, 0.15) is 35.1 Å². The highest BCUT2D eigenvalue weighted by Gasteiger charge is 2.37. The van der Waals surface area contributed by atoms with Crippen LogP contribution in [0, 0.1) is 5.92 Å². The standard InChI is InChI=1S/C24H25F6N7/c25-23(26,27)17-7-15(8-18(9-17)24(28,29)30)12-37(22(31)35-36-32)13-16-11-33-20-4-2-1-3-19(20)21(16)34-10-14-5-6-14/h1-4,7-9,11,14,36H,5-6,10,12-13,32H2,(H2,31,35)(H,33,34). The van der Waals surface area contributed by atoms with Gasteiger partial charge in [-0.15, -0.1) is 5.10 Å². The van der Waals surface area contributed by atoms with Gasteiger partial charge in [0, 0.05) is 36.8 Å². The average Bonchev–Trinajstić information content (AvgIpc) is 3.66. The molecule has 2 aromatic carbocycles. The number of anilines is 1. The topological polar surface area (TPSA) is 105 Å². The summed E-state index contributed by atoms with van der Waals surface area (Å²) in [6.07, 6.45) is -6.13. The van der Waals surface area contributed by atoms with Gasteiger partial charge in [0.1, 0.15) is 0 Å². The highest BCUT2D eigenvalue weighted by Crippen LogP contribution is 2.37. The first-order chi connectivity index (χ1) is 17.5. The second-order valence-electron chi connectivity index (χ2n) is 8.87. The van der Waals surface area contributed by atoms with E-state index in [0.717, 1.165) is 36.0 Å². The lowest BCUT2D eigenvalue weighted by Gasteiger charge is -2.26. The maximum atomic E-state index is 13.4. The summed E-state index contributed by atoms with van der Waals surface area (Å²) in [7, 11) is 0. The number of nitrogens with two attached hydrogens (primary N) is 2. The molecule has 4 rings (SSSR count). The molecule has 1 fully saturated rings. The number of alkyl halides is 6. The van der Waals surface area contributed by atoms with Crippen LogP contribution >= 0.6 is 0 Å². The Hall–Kier alpha value is -3.74. The first-order valence-electron chi connectivity index (χ1n) is 11.4. The van der Waals surface area contributed by atoms with E-state index in [9.17, 15) is 26.3 Å². The van der Waals surface area contributed by atoms with Crippen molar-refractivity contribution < 1.29 is 26.3 Å². The summed E-state index contributed by atoms with van der Waals surface area (Å²) in [5.74, 6) is 5.55. The number of hydrogen-bond acceptors (Lipinski definition) is 5.